The molecule has 1 aromatic heterocycles. The van der Waals surface area contributed by atoms with Crippen LogP contribution in [-0.4, -0.2) is 45.3 Å². The van der Waals surface area contributed by atoms with Crippen LogP contribution in [0.4, 0.5) is 5.69 Å². The molecule has 1 atom stereocenters. The number of carbonyl (C=O) groups is 2. The molecular formula is C25H29N5O3S. The van der Waals surface area contributed by atoms with E-state index in [1.54, 1.807) is 15.5 Å². The van der Waals surface area contributed by atoms with Gasteiger partial charge in [-0.2, -0.15) is 5.10 Å². The minimum absolute atomic E-state index is 0.0201. The molecule has 0 spiro atoms. The molecule has 0 aliphatic carbocycles. The second kappa shape index (κ2) is 10.2. The Hall–Kier alpha value is -3.46. The highest BCUT2D eigenvalue weighted by molar-refractivity contribution is 7.71. The van der Waals surface area contributed by atoms with E-state index in [-0.39, 0.29) is 30.9 Å². The van der Waals surface area contributed by atoms with Crippen LogP contribution in [0.5, 0.6) is 5.75 Å². The molecule has 2 amide bonds. The van der Waals surface area contributed by atoms with E-state index < -0.39 is 6.10 Å². The van der Waals surface area contributed by atoms with Gasteiger partial charge < -0.3 is 15.0 Å². The first-order chi connectivity index (χ1) is 16.4. The number of nitrogens with one attached hydrogen (secondary N) is 2. The number of aryl methyl sites for hydroxylation is 1. The fourth-order valence-corrected chi connectivity index (χ4v) is 4.20. The van der Waals surface area contributed by atoms with Crippen molar-refractivity contribution in [2.24, 2.45) is 0 Å². The number of nitrogens with zero attached hydrogens (tertiary/aromatic N) is 3. The molecule has 3 aromatic rings. The lowest BCUT2D eigenvalue weighted by atomic mass is 10.1. The number of H-pyrrole nitrogens is 1. The molecule has 4 rings (SSSR count). The minimum Gasteiger partial charge on any atom is -0.477 e. The van der Waals surface area contributed by atoms with Crippen LogP contribution in [-0.2, 0) is 16.1 Å². The van der Waals surface area contributed by atoms with Gasteiger partial charge in [0.15, 0.2) is 16.7 Å². The average Bonchev–Trinajstić information content (AvgIpc) is 3.21. The summed E-state index contributed by atoms with van der Waals surface area (Å²) in [6.45, 7) is 6.17. The molecule has 0 saturated carbocycles. The van der Waals surface area contributed by atoms with Crippen LogP contribution in [0.15, 0.2) is 48.5 Å². The molecular weight excluding hydrogens is 450 g/mol. The second-order valence-electron chi connectivity index (χ2n) is 8.41. The van der Waals surface area contributed by atoms with Crippen molar-refractivity contribution >= 4 is 29.7 Å². The molecule has 8 nitrogen and oxygen atoms in total. The average molecular weight is 480 g/mol. The van der Waals surface area contributed by atoms with Gasteiger partial charge in [-0.05, 0) is 44.1 Å². The van der Waals surface area contributed by atoms with Gasteiger partial charge in [0.25, 0.3) is 5.91 Å². The van der Waals surface area contributed by atoms with Crippen LogP contribution in [0.25, 0.3) is 11.4 Å². The number of hydrogen-bond acceptors (Lipinski definition) is 5. The number of amides is 2. The fraction of sp³-hybridized carbons (Fsp3) is 0.360. The van der Waals surface area contributed by atoms with Crippen molar-refractivity contribution in [1.82, 2.24) is 20.1 Å². The molecule has 34 heavy (non-hydrogen) atoms. The summed E-state index contributed by atoms with van der Waals surface area (Å²) in [7, 11) is 0. The van der Waals surface area contributed by atoms with Gasteiger partial charge in [-0.3, -0.25) is 19.3 Å². The number of anilines is 1. The predicted octanol–water partition coefficient (Wildman–Crippen LogP) is 4.02. The lowest BCUT2D eigenvalue weighted by Gasteiger charge is -2.34. The van der Waals surface area contributed by atoms with Gasteiger partial charge in [0.05, 0.1) is 12.2 Å². The van der Waals surface area contributed by atoms with Gasteiger partial charge in [0.1, 0.15) is 12.3 Å². The predicted molar refractivity (Wildman–Crippen MR) is 133 cm³/mol. The van der Waals surface area contributed by atoms with E-state index in [1.807, 2.05) is 63.2 Å². The zero-order valence-electron chi connectivity index (χ0n) is 19.6. The van der Waals surface area contributed by atoms with Gasteiger partial charge in [-0.15, -0.1) is 0 Å². The summed E-state index contributed by atoms with van der Waals surface area (Å²) in [5, 5.41) is 10.2. The smallest absolute Gasteiger partial charge is 0.263 e. The van der Waals surface area contributed by atoms with Crippen LogP contribution >= 0.6 is 12.2 Å². The first-order valence-corrected chi connectivity index (χ1v) is 11.9. The summed E-state index contributed by atoms with van der Waals surface area (Å²) in [6.07, 6.45) is 0.858. The molecule has 2 N–H and O–H groups in total. The number of hydrogen-bond donors (Lipinski definition) is 2. The van der Waals surface area contributed by atoms with Crippen LogP contribution < -0.4 is 15.0 Å². The summed E-state index contributed by atoms with van der Waals surface area (Å²) in [5.41, 5.74) is 2.62. The van der Waals surface area contributed by atoms with E-state index in [0.717, 1.165) is 24.0 Å². The maximum Gasteiger partial charge on any atom is 0.263 e. The number of fused-ring (bicyclic) bond motifs is 1. The van der Waals surface area contributed by atoms with Crippen LogP contribution in [0.1, 0.15) is 32.3 Å². The Bertz CT molecular complexity index is 1230. The van der Waals surface area contributed by atoms with Crippen molar-refractivity contribution in [3.8, 4) is 17.1 Å². The SMILES string of the molecule is CCC(CC)NC(=O)C1CN(C(=O)Cn2c(-c3ccc(C)cc3)n[nH]c2=S)c2ccccc2O1. The number of carbonyl (C=O) groups excluding carboxylic acids is 2. The van der Waals surface area contributed by atoms with Crippen LogP contribution in [0, 0.1) is 11.7 Å². The van der Waals surface area contributed by atoms with Crippen molar-refractivity contribution < 1.29 is 14.3 Å². The Morgan fingerprint density at radius 2 is 1.88 bits per heavy atom. The van der Waals surface area contributed by atoms with Crippen LogP contribution in [0.2, 0.25) is 0 Å². The Balaban J connectivity index is 1.60. The standard InChI is InChI=1S/C25H29N5O3S/c1-4-18(5-2)26-24(32)21-14-29(19-8-6-7-9-20(19)33-21)22(31)15-30-23(27-28-25(30)34)17-12-10-16(3)11-13-17/h6-13,18,21H,4-5,14-15H2,1-3H3,(H,26,32)(H,28,34). The third-order valence-corrected chi connectivity index (χ3v) is 6.37. The molecule has 9 heteroatoms. The van der Waals surface area contributed by atoms with Crippen LogP contribution in [0.3, 0.4) is 0 Å². The largest absolute Gasteiger partial charge is 0.477 e. The number of aromatic nitrogens is 3. The normalized spacial score (nSPS) is 15.1. The van der Waals surface area contributed by atoms with E-state index in [0.29, 0.717) is 22.0 Å². The summed E-state index contributed by atoms with van der Waals surface area (Å²) >= 11 is 5.42. The number of benzene rings is 2. The molecule has 0 saturated heterocycles. The van der Waals surface area contributed by atoms with E-state index in [2.05, 4.69) is 15.5 Å². The summed E-state index contributed by atoms with van der Waals surface area (Å²) < 4.78 is 8.01. The third kappa shape index (κ3) is 4.89. The molecule has 2 heterocycles. The monoisotopic (exact) mass is 479 g/mol. The van der Waals surface area contributed by atoms with E-state index >= 15 is 0 Å². The molecule has 1 aliphatic rings. The van der Waals surface area contributed by atoms with Crippen molar-refractivity contribution in [3.63, 3.8) is 0 Å². The molecule has 0 fully saturated rings. The summed E-state index contributed by atoms with van der Waals surface area (Å²) in [6, 6.07) is 15.2. The Labute approximate surface area is 203 Å². The quantitative estimate of drug-likeness (QED) is 0.500. The summed E-state index contributed by atoms with van der Waals surface area (Å²) in [5.74, 6) is 0.660. The van der Waals surface area contributed by atoms with Gasteiger partial charge in [-0.1, -0.05) is 55.8 Å². The van der Waals surface area contributed by atoms with Gasteiger partial charge in [0, 0.05) is 11.6 Å². The summed E-state index contributed by atoms with van der Waals surface area (Å²) in [4.78, 5) is 28.1. The molecule has 2 aromatic carbocycles. The van der Waals surface area contributed by atoms with E-state index in [4.69, 9.17) is 17.0 Å². The highest BCUT2D eigenvalue weighted by Gasteiger charge is 2.34. The third-order valence-electron chi connectivity index (χ3n) is 6.06. The Morgan fingerprint density at radius 1 is 1.18 bits per heavy atom. The van der Waals surface area contributed by atoms with Gasteiger partial charge in [-0.25, -0.2) is 0 Å². The molecule has 0 radical (unpaired) electrons. The number of para-hydroxylation sites is 2. The second-order valence-corrected chi connectivity index (χ2v) is 8.79. The minimum atomic E-state index is -0.798. The first-order valence-electron chi connectivity index (χ1n) is 11.5. The lowest BCUT2D eigenvalue weighted by molar-refractivity contribution is -0.129. The van der Waals surface area contributed by atoms with E-state index in [1.165, 1.54) is 0 Å². The number of rotatable bonds is 7. The topological polar surface area (TPSA) is 92.3 Å². The Morgan fingerprint density at radius 3 is 2.59 bits per heavy atom. The molecule has 1 aliphatic heterocycles. The van der Waals surface area contributed by atoms with Gasteiger partial charge >= 0.3 is 0 Å². The molecule has 178 valence electrons. The van der Waals surface area contributed by atoms with Crippen molar-refractivity contribution in [3.05, 3.63) is 58.9 Å². The Kier molecular flexibility index (Phi) is 7.12. The first kappa shape index (κ1) is 23.7. The van der Waals surface area contributed by atoms with Gasteiger partial charge in [0.2, 0.25) is 5.91 Å². The van der Waals surface area contributed by atoms with Crippen molar-refractivity contribution in [2.45, 2.75) is 52.3 Å². The van der Waals surface area contributed by atoms with Crippen molar-refractivity contribution in [2.75, 3.05) is 11.4 Å². The number of ether oxygens (including phenoxy) is 1. The highest BCUT2D eigenvalue weighted by atomic mass is 32.1. The maximum atomic E-state index is 13.6. The zero-order valence-corrected chi connectivity index (χ0v) is 20.4. The zero-order chi connectivity index (χ0) is 24.2. The van der Waals surface area contributed by atoms with E-state index in [9.17, 15) is 9.59 Å². The molecule has 1 unspecified atom stereocenters. The molecule has 0 bridgehead atoms. The highest BCUT2D eigenvalue weighted by Crippen LogP contribution is 2.33. The lowest BCUT2D eigenvalue weighted by Crippen LogP contribution is -2.53. The number of aromatic amines is 1. The van der Waals surface area contributed by atoms with Crippen molar-refractivity contribution in [1.29, 1.82) is 0 Å². The fourth-order valence-electron chi connectivity index (χ4n) is 4.00. The maximum absolute atomic E-state index is 13.6.